The van der Waals surface area contributed by atoms with Crippen LogP contribution in [0.15, 0.2) is 30.3 Å². The predicted molar refractivity (Wildman–Crippen MR) is 86.2 cm³/mol. The van der Waals surface area contributed by atoms with E-state index in [-0.39, 0.29) is 11.7 Å². The van der Waals surface area contributed by atoms with Crippen molar-refractivity contribution in [2.24, 2.45) is 5.92 Å². The van der Waals surface area contributed by atoms with Crippen molar-refractivity contribution < 1.29 is 22.7 Å². The van der Waals surface area contributed by atoms with E-state index in [2.05, 4.69) is 10.1 Å². The molecule has 1 atom stereocenters. The number of ether oxygens (including phenoxy) is 1. The molecule has 1 aromatic carbocycles. The minimum absolute atomic E-state index is 0.216. The second-order valence-corrected chi connectivity index (χ2v) is 7.22. The normalized spacial score (nSPS) is 12.5. The van der Waals surface area contributed by atoms with Gasteiger partial charge < -0.3 is 10.1 Å². The highest BCUT2D eigenvalue weighted by Gasteiger charge is 2.27. The molecule has 0 aliphatic rings. The van der Waals surface area contributed by atoms with Gasteiger partial charge in [-0.1, -0.05) is 44.2 Å². The van der Waals surface area contributed by atoms with Gasteiger partial charge in [-0.2, -0.15) is 0 Å². The van der Waals surface area contributed by atoms with Gasteiger partial charge in [0.05, 0.1) is 12.9 Å². The lowest BCUT2D eigenvalue weighted by atomic mass is 10.0. The number of rotatable bonds is 7. The van der Waals surface area contributed by atoms with Crippen LogP contribution in [0.5, 0.6) is 0 Å². The molecule has 0 spiro atoms. The summed E-state index contributed by atoms with van der Waals surface area (Å²) in [5, 5.41) is 2.32. The molecule has 23 heavy (non-hydrogen) atoms. The number of methoxy groups -OCH3 is 1. The summed E-state index contributed by atoms with van der Waals surface area (Å²) in [6.45, 7) is 3.38. The molecular formula is C15H22N2O5S. The van der Waals surface area contributed by atoms with Gasteiger partial charge in [0.25, 0.3) is 5.91 Å². The monoisotopic (exact) mass is 342 g/mol. The summed E-state index contributed by atoms with van der Waals surface area (Å²) in [6.07, 6.45) is -0.499. The topological polar surface area (TPSA) is 102 Å². The Bertz CT molecular complexity index is 629. The molecule has 0 saturated heterocycles. The third-order valence-electron chi connectivity index (χ3n) is 3.17. The van der Waals surface area contributed by atoms with Crippen LogP contribution >= 0.6 is 0 Å². The van der Waals surface area contributed by atoms with Crippen LogP contribution in [-0.2, 0) is 26.0 Å². The number of hydrogen-bond donors (Lipinski definition) is 2. The van der Waals surface area contributed by atoms with E-state index in [4.69, 9.17) is 0 Å². The minimum Gasteiger partial charge on any atom is -0.453 e. The lowest BCUT2D eigenvalue weighted by Crippen LogP contribution is -2.51. The number of nitrogens with one attached hydrogen (secondary N) is 2. The summed E-state index contributed by atoms with van der Waals surface area (Å²) in [4.78, 5) is 23.3. The molecule has 8 heteroatoms. The molecule has 0 saturated carbocycles. The van der Waals surface area contributed by atoms with Crippen molar-refractivity contribution in [2.45, 2.75) is 26.3 Å². The first-order valence-electron chi connectivity index (χ1n) is 7.18. The Morgan fingerprint density at radius 1 is 1.17 bits per heavy atom. The number of aryl methyl sites for hydroxylation is 1. The maximum absolute atomic E-state index is 12.1. The van der Waals surface area contributed by atoms with E-state index in [9.17, 15) is 18.0 Å². The molecule has 1 aromatic rings. The second-order valence-electron chi connectivity index (χ2n) is 5.38. The van der Waals surface area contributed by atoms with Crippen LogP contribution in [0.2, 0.25) is 0 Å². The summed E-state index contributed by atoms with van der Waals surface area (Å²) in [6, 6.07) is 8.10. The highest BCUT2D eigenvalue weighted by Crippen LogP contribution is 2.05. The maximum Gasteiger partial charge on any atom is 0.407 e. The Balaban J connectivity index is 2.66. The van der Waals surface area contributed by atoms with Crippen LogP contribution < -0.4 is 10.0 Å². The van der Waals surface area contributed by atoms with Crippen LogP contribution in [0.3, 0.4) is 0 Å². The van der Waals surface area contributed by atoms with E-state index >= 15 is 0 Å². The lowest BCUT2D eigenvalue weighted by molar-refractivity contribution is -0.122. The number of sulfonamides is 1. The Labute approximate surface area is 136 Å². The van der Waals surface area contributed by atoms with Crippen LogP contribution in [0, 0.1) is 5.92 Å². The summed E-state index contributed by atoms with van der Waals surface area (Å²) in [7, 11) is -2.62. The first kappa shape index (κ1) is 19.0. The van der Waals surface area contributed by atoms with Crippen LogP contribution in [0.25, 0.3) is 0 Å². The van der Waals surface area contributed by atoms with Gasteiger partial charge in [0, 0.05) is 0 Å². The summed E-state index contributed by atoms with van der Waals surface area (Å²) in [5.41, 5.74) is 0.860. The van der Waals surface area contributed by atoms with E-state index in [0.29, 0.717) is 6.42 Å². The molecule has 0 heterocycles. The largest absolute Gasteiger partial charge is 0.453 e. The zero-order valence-corrected chi connectivity index (χ0v) is 14.2. The molecule has 7 nitrogen and oxygen atoms in total. The molecular weight excluding hydrogens is 320 g/mol. The van der Waals surface area contributed by atoms with Crippen molar-refractivity contribution in [1.29, 1.82) is 0 Å². The molecule has 0 aliphatic heterocycles. The highest BCUT2D eigenvalue weighted by atomic mass is 32.2. The first-order chi connectivity index (χ1) is 10.7. The molecule has 1 rings (SSSR count). The standard InChI is InChI=1S/C15H22N2O5S/c1-11(2)13(16-15(19)22-3)14(18)17-23(20,21)10-9-12-7-5-4-6-8-12/h4-8,11,13H,9-10H2,1-3H3,(H,16,19)(H,17,18)/t13-/m0/s1. The van der Waals surface area contributed by atoms with E-state index < -0.39 is 28.1 Å². The van der Waals surface area contributed by atoms with E-state index in [1.807, 2.05) is 35.1 Å². The van der Waals surface area contributed by atoms with E-state index in [0.717, 1.165) is 5.56 Å². The average Bonchev–Trinajstić information content (AvgIpc) is 2.50. The molecule has 128 valence electrons. The summed E-state index contributed by atoms with van der Waals surface area (Å²) in [5.74, 6) is -1.29. The SMILES string of the molecule is COC(=O)N[C@H](C(=O)NS(=O)(=O)CCc1ccccc1)C(C)C. The molecule has 2 N–H and O–H groups in total. The molecule has 0 radical (unpaired) electrons. The lowest BCUT2D eigenvalue weighted by Gasteiger charge is -2.20. The Morgan fingerprint density at radius 2 is 1.78 bits per heavy atom. The Morgan fingerprint density at radius 3 is 2.30 bits per heavy atom. The van der Waals surface area contributed by atoms with Gasteiger partial charge in [-0.05, 0) is 17.9 Å². The van der Waals surface area contributed by atoms with Gasteiger partial charge in [0.1, 0.15) is 6.04 Å². The predicted octanol–water partition coefficient (Wildman–Crippen LogP) is 1.06. The second kappa shape index (κ2) is 8.52. The number of carbonyl (C=O) groups is 2. The molecule has 0 aliphatic carbocycles. The Hall–Kier alpha value is -2.09. The van der Waals surface area contributed by atoms with Crippen molar-refractivity contribution in [3.8, 4) is 0 Å². The summed E-state index contributed by atoms with van der Waals surface area (Å²) < 4.78 is 30.5. The molecule has 0 bridgehead atoms. The third kappa shape index (κ3) is 6.68. The highest BCUT2D eigenvalue weighted by molar-refractivity contribution is 7.90. The third-order valence-corrected chi connectivity index (χ3v) is 4.42. The zero-order chi connectivity index (χ0) is 17.5. The van der Waals surface area contributed by atoms with Crippen molar-refractivity contribution in [3.05, 3.63) is 35.9 Å². The number of alkyl carbamates (subject to hydrolysis) is 1. The van der Waals surface area contributed by atoms with Crippen LogP contribution in [0.4, 0.5) is 4.79 Å². The van der Waals surface area contributed by atoms with Crippen LogP contribution in [-0.4, -0.2) is 39.3 Å². The number of carbonyl (C=O) groups excluding carboxylic acids is 2. The van der Waals surface area contributed by atoms with Gasteiger partial charge in [-0.3, -0.25) is 9.52 Å². The molecule has 0 aromatic heterocycles. The number of benzene rings is 1. The van der Waals surface area contributed by atoms with Crippen LogP contribution in [0.1, 0.15) is 19.4 Å². The average molecular weight is 342 g/mol. The van der Waals surface area contributed by atoms with Gasteiger partial charge in [0.15, 0.2) is 0 Å². The van der Waals surface area contributed by atoms with E-state index in [1.54, 1.807) is 13.8 Å². The van der Waals surface area contributed by atoms with Crippen molar-refractivity contribution in [2.75, 3.05) is 12.9 Å². The molecule has 0 fully saturated rings. The fraction of sp³-hybridized carbons (Fsp3) is 0.467. The van der Waals surface area contributed by atoms with Crippen molar-refractivity contribution >= 4 is 22.0 Å². The molecule has 0 unspecified atom stereocenters. The summed E-state index contributed by atoms with van der Waals surface area (Å²) >= 11 is 0. The Kier molecular flexibility index (Phi) is 7.02. The maximum atomic E-state index is 12.1. The van der Waals surface area contributed by atoms with Crippen molar-refractivity contribution in [1.82, 2.24) is 10.0 Å². The number of hydrogen-bond acceptors (Lipinski definition) is 5. The zero-order valence-electron chi connectivity index (χ0n) is 13.4. The van der Waals surface area contributed by atoms with Gasteiger partial charge in [-0.25, -0.2) is 13.2 Å². The van der Waals surface area contributed by atoms with Crippen molar-refractivity contribution in [3.63, 3.8) is 0 Å². The minimum atomic E-state index is -3.79. The van der Waals surface area contributed by atoms with Gasteiger partial charge in [0.2, 0.25) is 10.0 Å². The number of amides is 2. The van der Waals surface area contributed by atoms with Gasteiger partial charge in [-0.15, -0.1) is 0 Å². The fourth-order valence-electron chi connectivity index (χ4n) is 1.89. The first-order valence-corrected chi connectivity index (χ1v) is 8.83. The van der Waals surface area contributed by atoms with E-state index in [1.165, 1.54) is 7.11 Å². The quantitative estimate of drug-likeness (QED) is 0.771. The fourth-order valence-corrected chi connectivity index (χ4v) is 2.93. The molecule has 2 amide bonds. The van der Waals surface area contributed by atoms with Gasteiger partial charge >= 0.3 is 6.09 Å². The smallest absolute Gasteiger partial charge is 0.407 e.